The Balaban J connectivity index is 1.73. The number of esters is 1. The molecule has 0 N–H and O–H groups in total. The number of hydrogen-bond donors (Lipinski definition) is 0. The van der Waals surface area contributed by atoms with E-state index in [2.05, 4.69) is 0 Å². The number of carbonyl (C=O) groups excluding carboxylic acids is 2. The van der Waals surface area contributed by atoms with E-state index in [0.29, 0.717) is 16.9 Å². The van der Waals surface area contributed by atoms with Gasteiger partial charge in [0.2, 0.25) is 5.78 Å². The maximum atomic E-state index is 12.5. The van der Waals surface area contributed by atoms with Crippen molar-refractivity contribution in [1.29, 1.82) is 0 Å². The Bertz CT molecular complexity index is 1020. The predicted octanol–water partition coefficient (Wildman–Crippen LogP) is 3.93. The molecule has 1 aliphatic heterocycles. The van der Waals surface area contributed by atoms with Crippen LogP contribution < -0.4 is 9.47 Å². The van der Waals surface area contributed by atoms with Gasteiger partial charge in [-0.15, -0.1) is 0 Å². The third kappa shape index (κ3) is 4.98. The molecule has 1 heterocycles. The Labute approximate surface area is 166 Å². The lowest BCUT2D eigenvalue weighted by Gasteiger charge is -2.19. The molecular weight excluding hydrogens is 378 g/mol. The Hall–Kier alpha value is -3.68. The van der Waals surface area contributed by atoms with E-state index in [4.69, 9.17) is 14.2 Å². The summed E-state index contributed by atoms with van der Waals surface area (Å²) in [7, 11) is 0. The van der Waals surface area contributed by atoms with Crippen molar-refractivity contribution in [3.63, 3.8) is 0 Å². The molecule has 0 saturated heterocycles. The second-order valence-corrected chi connectivity index (χ2v) is 7.32. The predicted molar refractivity (Wildman–Crippen MR) is 104 cm³/mol. The van der Waals surface area contributed by atoms with E-state index >= 15 is 0 Å². The van der Waals surface area contributed by atoms with Crippen molar-refractivity contribution in [2.24, 2.45) is 0 Å². The quantitative estimate of drug-likeness (QED) is 0.326. The van der Waals surface area contributed by atoms with Gasteiger partial charge in [0, 0.05) is 18.2 Å². The Kier molecular flexibility index (Phi) is 5.36. The van der Waals surface area contributed by atoms with Crippen LogP contribution in [0, 0.1) is 10.1 Å². The minimum absolute atomic E-state index is 0.0461. The van der Waals surface area contributed by atoms with Gasteiger partial charge in [-0.2, -0.15) is 0 Å². The molecule has 0 aromatic heterocycles. The summed E-state index contributed by atoms with van der Waals surface area (Å²) < 4.78 is 16.2. The summed E-state index contributed by atoms with van der Waals surface area (Å²) in [6.45, 7) is 5.00. The minimum atomic E-state index is -0.611. The number of nitro benzene ring substituents is 1. The Morgan fingerprint density at radius 2 is 1.97 bits per heavy atom. The van der Waals surface area contributed by atoms with Crippen LogP contribution in [0.4, 0.5) is 5.69 Å². The van der Waals surface area contributed by atoms with Crippen LogP contribution in [0.5, 0.6) is 11.5 Å². The van der Waals surface area contributed by atoms with Crippen molar-refractivity contribution in [2.45, 2.75) is 26.4 Å². The average molecular weight is 397 g/mol. The monoisotopic (exact) mass is 397 g/mol. The number of Topliss-reactive ketones (excluding diaryl/α,β-unsaturated/α-hetero) is 1. The fourth-order valence-electron chi connectivity index (χ4n) is 2.65. The molecule has 2 aromatic carbocycles. The summed E-state index contributed by atoms with van der Waals surface area (Å²) in [5.41, 5.74) is 0.114. The van der Waals surface area contributed by atoms with Gasteiger partial charge < -0.3 is 14.2 Å². The van der Waals surface area contributed by atoms with Crippen molar-refractivity contribution < 1.29 is 28.7 Å². The molecule has 0 unspecified atom stereocenters. The topological polar surface area (TPSA) is 105 Å². The van der Waals surface area contributed by atoms with Gasteiger partial charge in [0.25, 0.3) is 5.69 Å². The first-order valence-electron chi connectivity index (χ1n) is 8.80. The highest BCUT2D eigenvalue weighted by atomic mass is 16.6. The third-order valence-corrected chi connectivity index (χ3v) is 3.80. The number of fused-ring (bicyclic) bond motifs is 1. The van der Waals surface area contributed by atoms with Crippen LogP contribution in [-0.2, 0) is 9.53 Å². The number of non-ortho nitro benzene ring substituents is 1. The number of ketones is 1. The molecule has 8 nitrogen and oxygen atoms in total. The molecule has 1 aliphatic rings. The first-order chi connectivity index (χ1) is 13.6. The van der Waals surface area contributed by atoms with Gasteiger partial charge in [-0.1, -0.05) is 12.1 Å². The molecule has 150 valence electrons. The van der Waals surface area contributed by atoms with E-state index in [1.165, 1.54) is 36.4 Å². The fraction of sp³-hybridized carbons (Fsp3) is 0.238. The molecule has 0 aliphatic carbocycles. The summed E-state index contributed by atoms with van der Waals surface area (Å²) in [4.78, 5) is 34.7. The summed E-state index contributed by atoms with van der Waals surface area (Å²) in [6, 6.07) is 10.5. The molecule has 8 heteroatoms. The van der Waals surface area contributed by atoms with Crippen molar-refractivity contribution in [2.75, 3.05) is 6.61 Å². The summed E-state index contributed by atoms with van der Waals surface area (Å²) >= 11 is 0. The normalized spacial score (nSPS) is 14.3. The molecule has 0 amide bonds. The standard InChI is InChI=1S/C21H19NO7/c1-21(2,3)29-19(23)12-27-15-7-8-16-17(11-15)28-18(20(16)24)10-13-5-4-6-14(9-13)22(25)26/h4-11H,12H2,1-3H3. The van der Waals surface area contributed by atoms with Crippen LogP contribution in [0.25, 0.3) is 6.08 Å². The molecule has 0 spiro atoms. The highest BCUT2D eigenvalue weighted by Crippen LogP contribution is 2.35. The Morgan fingerprint density at radius 1 is 1.21 bits per heavy atom. The molecule has 0 atom stereocenters. The number of nitro groups is 1. The van der Waals surface area contributed by atoms with Crippen molar-refractivity contribution in [3.05, 3.63) is 69.5 Å². The number of ether oxygens (including phenoxy) is 3. The van der Waals surface area contributed by atoms with Gasteiger partial charge in [0.1, 0.15) is 17.1 Å². The zero-order valence-corrected chi connectivity index (χ0v) is 16.1. The van der Waals surface area contributed by atoms with Crippen LogP contribution in [0.15, 0.2) is 48.2 Å². The molecular formula is C21H19NO7. The van der Waals surface area contributed by atoms with Crippen LogP contribution in [0.3, 0.4) is 0 Å². The summed E-state index contributed by atoms with van der Waals surface area (Å²) in [6.07, 6.45) is 1.44. The van der Waals surface area contributed by atoms with Gasteiger partial charge in [-0.05, 0) is 44.5 Å². The van der Waals surface area contributed by atoms with Gasteiger partial charge in [-0.3, -0.25) is 14.9 Å². The molecule has 0 radical (unpaired) electrons. The fourth-order valence-corrected chi connectivity index (χ4v) is 2.65. The number of carbonyl (C=O) groups is 2. The van der Waals surface area contributed by atoms with Crippen LogP contribution in [0.2, 0.25) is 0 Å². The number of nitrogens with zero attached hydrogens (tertiary/aromatic N) is 1. The highest BCUT2D eigenvalue weighted by molar-refractivity contribution is 6.14. The molecule has 29 heavy (non-hydrogen) atoms. The van der Waals surface area contributed by atoms with Crippen LogP contribution in [0.1, 0.15) is 36.7 Å². The van der Waals surface area contributed by atoms with Crippen molar-refractivity contribution in [1.82, 2.24) is 0 Å². The minimum Gasteiger partial charge on any atom is -0.482 e. The van der Waals surface area contributed by atoms with E-state index in [-0.39, 0.29) is 29.6 Å². The third-order valence-electron chi connectivity index (χ3n) is 3.80. The van der Waals surface area contributed by atoms with Crippen molar-refractivity contribution >= 4 is 23.5 Å². The molecule has 0 saturated carbocycles. The van der Waals surface area contributed by atoms with Gasteiger partial charge >= 0.3 is 5.97 Å². The van der Waals surface area contributed by atoms with Crippen molar-refractivity contribution in [3.8, 4) is 11.5 Å². The lowest BCUT2D eigenvalue weighted by Crippen LogP contribution is -2.27. The average Bonchev–Trinajstić information content (AvgIpc) is 2.94. The second-order valence-electron chi connectivity index (χ2n) is 7.32. The molecule has 0 bridgehead atoms. The van der Waals surface area contributed by atoms with E-state index in [1.54, 1.807) is 32.9 Å². The maximum Gasteiger partial charge on any atom is 0.344 e. The SMILES string of the molecule is CC(C)(C)OC(=O)COc1ccc2c(c1)OC(=Cc1cccc([N+](=O)[O-])c1)C2=O. The smallest absolute Gasteiger partial charge is 0.344 e. The Morgan fingerprint density at radius 3 is 2.66 bits per heavy atom. The number of rotatable bonds is 5. The highest BCUT2D eigenvalue weighted by Gasteiger charge is 2.28. The van der Waals surface area contributed by atoms with Gasteiger partial charge in [0.05, 0.1) is 10.5 Å². The van der Waals surface area contributed by atoms with E-state index in [9.17, 15) is 19.7 Å². The van der Waals surface area contributed by atoms with E-state index < -0.39 is 16.5 Å². The zero-order chi connectivity index (χ0) is 21.2. The lowest BCUT2D eigenvalue weighted by atomic mass is 10.1. The van der Waals surface area contributed by atoms with Crippen LogP contribution >= 0.6 is 0 Å². The first-order valence-corrected chi connectivity index (χ1v) is 8.80. The van der Waals surface area contributed by atoms with Gasteiger partial charge in [-0.25, -0.2) is 4.79 Å². The van der Waals surface area contributed by atoms with E-state index in [1.807, 2.05) is 0 Å². The molecule has 3 rings (SSSR count). The maximum absolute atomic E-state index is 12.5. The number of benzene rings is 2. The zero-order valence-electron chi connectivity index (χ0n) is 16.1. The molecule has 2 aromatic rings. The summed E-state index contributed by atoms with van der Waals surface area (Å²) in [5, 5.41) is 10.9. The van der Waals surface area contributed by atoms with Crippen LogP contribution in [-0.4, -0.2) is 28.9 Å². The summed E-state index contributed by atoms with van der Waals surface area (Å²) in [5.74, 6) is -0.177. The lowest BCUT2D eigenvalue weighted by molar-refractivity contribution is -0.384. The molecule has 0 fully saturated rings. The first kappa shape index (κ1) is 20.1. The number of allylic oxidation sites excluding steroid dienone is 1. The largest absolute Gasteiger partial charge is 0.482 e. The van der Waals surface area contributed by atoms with Gasteiger partial charge in [0.15, 0.2) is 12.4 Å². The number of hydrogen-bond acceptors (Lipinski definition) is 7. The van der Waals surface area contributed by atoms with E-state index in [0.717, 1.165) is 0 Å². The second kappa shape index (κ2) is 7.75.